The molecule has 2 fully saturated rings. The predicted octanol–water partition coefficient (Wildman–Crippen LogP) is 5.58. The number of nitrogens with zero attached hydrogens (tertiary/aromatic N) is 1. The first-order valence-electron chi connectivity index (χ1n) is 12.5. The van der Waals surface area contributed by atoms with Gasteiger partial charge in [0.2, 0.25) is 6.41 Å². The van der Waals surface area contributed by atoms with E-state index in [0.29, 0.717) is 34.7 Å². The Balaban J connectivity index is 0.00000167. The molecular formula is C28H36N2O5. The van der Waals surface area contributed by atoms with Gasteiger partial charge >= 0.3 is 5.97 Å². The fourth-order valence-corrected chi connectivity index (χ4v) is 5.57. The number of aromatic carboxylic acids is 1. The van der Waals surface area contributed by atoms with E-state index in [1.165, 1.54) is 11.3 Å². The Kier molecular flexibility index (Phi) is 9.01. The highest BCUT2D eigenvalue weighted by Crippen LogP contribution is 2.36. The molecule has 2 aliphatic rings. The van der Waals surface area contributed by atoms with E-state index in [1.807, 2.05) is 19.8 Å². The SMILES string of the molecule is C=O.Cc1ccc(C(=O)O)c2c(NC3CCCCC3)ccc(C(=O)N(C=O)C3CCC(C)CC3)c12. The Morgan fingerprint density at radius 3 is 2.17 bits per heavy atom. The summed E-state index contributed by atoms with van der Waals surface area (Å²) in [7, 11) is 0. The highest BCUT2D eigenvalue weighted by Gasteiger charge is 2.30. The number of rotatable bonds is 6. The second-order valence-electron chi connectivity index (χ2n) is 9.86. The van der Waals surface area contributed by atoms with Crippen molar-refractivity contribution in [3.05, 3.63) is 41.0 Å². The van der Waals surface area contributed by atoms with Crippen LogP contribution in [0.5, 0.6) is 0 Å². The lowest BCUT2D eigenvalue weighted by atomic mass is 9.86. The third kappa shape index (κ3) is 5.72. The molecular weight excluding hydrogens is 444 g/mol. The summed E-state index contributed by atoms with van der Waals surface area (Å²) in [5.74, 6) is -0.759. The van der Waals surface area contributed by atoms with Gasteiger partial charge in [0, 0.05) is 34.1 Å². The minimum Gasteiger partial charge on any atom is -0.478 e. The van der Waals surface area contributed by atoms with Crippen molar-refractivity contribution in [2.75, 3.05) is 5.32 Å². The minimum atomic E-state index is -1.02. The molecule has 0 unspecified atom stereocenters. The smallest absolute Gasteiger partial charge is 0.336 e. The molecule has 0 heterocycles. The van der Waals surface area contributed by atoms with Gasteiger partial charge in [-0.2, -0.15) is 0 Å². The fourth-order valence-electron chi connectivity index (χ4n) is 5.57. The molecule has 0 aliphatic heterocycles. The molecule has 2 aromatic rings. The fraction of sp³-hybridized carbons (Fsp3) is 0.500. The van der Waals surface area contributed by atoms with Crippen LogP contribution in [0.1, 0.15) is 91.0 Å². The monoisotopic (exact) mass is 480 g/mol. The summed E-state index contributed by atoms with van der Waals surface area (Å²) in [6, 6.07) is 7.13. The number of aryl methyl sites for hydroxylation is 1. The van der Waals surface area contributed by atoms with Crippen molar-refractivity contribution in [2.24, 2.45) is 5.92 Å². The zero-order valence-corrected chi connectivity index (χ0v) is 20.7. The second kappa shape index (κ2) is 12.0. The summed E-state index contributed by atoms with van der Waals surface area (Å²) in [6.45, 7) is 6.09. The van der Waals surface area contributed by atoms with Gasteiger partial charge in [-0.3, -0.25) is 14.5 Å². The zero-order valence-electron chi connectivity index (χ0n) is 20.7. The first-order valence-corrected chi connectivity index (χ1v) is 12.5. The number of benzene rings is 2. The van der Waals surface area contributed by atoms with E-state index in [0.717, 1.165) is 62.6 Å². The van der Waals surface area contributed by atoms with Crippen molar-refractivity contribution in [1.82, 2.24) is 4.90 Å². The number of carboxylic acid groups (broad SMARTS) is 1. The molecule has 2 amide bonds. The van der Waals surface area contributed by atoms with Crippen molar-refractivity contribution in [2.45, 2.75) is 83.7 Å². The van der Waals surface area contributed by atoms with Crippen molar-refractivity contribution >= 4 is 41.5 Å². The van der Waals surface area contributed by atoms with E-state index in [1.54, 1.807) is 18.2 Å². The Morgan fingerprint density at radius 1 is 0.943 bits per heavy atom. The average Bonchev–Trinajstić information content (AvgIpc) is 2.87. The maximum atomic E-state index is 13.6. The molecule has 4 rings (SSSR count). The van der Waals surface area contributed by atoms with Crippen LogP contribution < -0.4 is 5.32 Å². The minimum absolute atomic E-state index is 0.107. The maximum absolute atomic E-state index is 13.6. The quantitative estimate of drug-likeness (QED) is 0.523. The van der Waals surface area contributed by atoms with E-state index in [-0.39, 0.29) is 17.5 Å². The van der Waals surface area contributed by atoms with E-state index in [4.69, 9.17) is 4.79 Å². The Labute approximate surface area is 206 Å². The first-order chi connectivity index (χ1) is 16.9. The summed E-state index contributed by atoms with van der Waals surface area (Å²) < 4.78 is 0. The molecule has 0 saturated heterocycles. The van der Waals surface area contributed by atoms with Crippen molar-refractivity contribution in [1.29, 1.82) is 0 Å². The van der Waals surface area contributed by atoms with Gasteiger partial charge in [-0.15, -0.1) is 0 Å². The molecule has 7 nitrogen and oxygen atoms in total. The van der Waals surface area contributed by atoms with Gasteiger partial charge in [0.1, 0.15) is 6.79 Å². The number of carbonyl (C=O) groups excluding carboxylic acids is 3. The number of imide groups is 1. The Bertz CT molecular complexity index is 1070. The third-order valence-electron chi connectivity index (χ3n) is 7.52. The molecule has 7 heteroatoms. The molecule has 2 saturated carbocycles. The van der Waals surface area contributed by atoms with Gasteiger partial charge in [0.05, 0.1) is 5.56 Å². The molecule has 35 heavy (non-hydrogen) atoms. The van der Waals surface area contributed by atoms with Crippen molar-refractivity contribution < 1.29 is 24.3 Å². The lowest BCUT2D eigenvalue weighted by Gasteiger charge is -2.33. The molecule has 2 N–H and O–H groups in total. The molecule has 0 atom stereocenters. The largest absolute Gasteiger partial charge is 0.478 e. The number of fused-ring (bicyclic) bond motifs is 1. The average molecular weight is 481 g/mol. The Hall–Kier alpha value is -3.22. The number of hydrogen-bond acceptors (Lipinski definition) is 5. The van der Waals surface area contributed by atoms with E-state index in [2.05, 4.69) is 12.2 Å². The van der Waals surface area contributed by atoms with Gasteiger partial charge in [0.15, 0.2) is 0 Å². The molecule has 188 valence electrons. The molecule has 2 aliphatic carbocycles. The lowest BCUT2D eigenvalue weighted by molar-refractivity contribution is -0.118. The van der Waals surface area contributed by atoms with Crippen LogP contribution in [0.4, 0.5) is 5.69 Å². The van der Waals surface area contributed by atoms with Crippen LogP contribution in [-0.2, 0) is 9.59 Å². The van der Waals surface area contributed by atoms with Gasteiger partial charge < -0.3 is 15.2 Å². The summed E-state index contributed by atoms with van der Waals surface area (Å²) in [5.41, 5.74) is 2.14. The highest BCUT2D eigenvalue weighted by molar-refractivity contribution is 6.18. The normalized spacial score (nSPS) is 20.4. The summed E-state index contributed by atoms with van der Waals surface area (Å²) >= 11 is 0. The van der Waals surface area contributed by atoms with Crippen LogP contribution in [0.3, 0.4) is 0 Å². The zero-order chi connectivity index (χ0) is 25.5. The maximum Gasteiger partial charge on any atom is 0.336 e. The number of carboxylic acids is 1. The van der Waals surface area contributed by atoms with Crippen molar-refractivity contribution in [3.63, 3.8) is 0 Å². The molecule has 0 spiro atoms. The third-order valence-corrected chi connectivity index (χ3v) is 7.52. The summed E-state index contributed by atoms with van der Waals surface area (Å²) in [5, 5.41) is 14.7. The number of hydrogen-bond donors (Lipinski definition) is 2. The molecule has 0 bridgehead atoms. The van der Waals surface area contributed by atoms with Crippen LogP contribution in [0.15, 0.2) is 24.3 Å². The molecule has 2 aromatic carbocycles. The van der Waals surface area contributed by atoms with Gasteiger partial charge in [0.25, 0.3) is 5.91 Å². The van der Waals surface area contributed by atoms with Crippen LogP contribution in [0.2, 0.25) is 0 Å². The molecule has 0 radical (unpaired) electrons. The Morgan fingerprint density at radius 2 is 1.57 bits per heavy atom. The van der Waals surface area contributed by atoms with Crippen LogP contribution >= 0.6 is 0 Å². The summed E-state index contributed by atoms with van der Waals surface area (Å²) in [6.07, 6.45) is 9.91. The van der Waals surface area contributed by atoms with E-state index in [9.17, 15) is 19.5 Å². The van der Waals surface area contributed by atoms with E-state index >= 15 is 0 Å². The standard InChI is InChI=1S/C27H34N2O4.CH2O/c1-17-8-11-20(12-9-17)29(16-30)26(31)21-14-15-23(28-19-6-4-3-5-7-19)25-22(27(32)33)13-10-18(2)24(21)25;1-2/h10,13-17,19-20,28H,3-9,11-12H2,1-2H3,(H,32,33);1H2. The summed E-state index contributed by atoms with van der Waals surface area (Å²) in [4.78, 5) is 47.1. The number of nitrogens with one attached hydrogen (secondary N) is 1. The molecule has 0 aromatic heterocycles. The second-order valence-corrected chi connectivity index (χ2v) is 9.86. The van der Waals surface area contributed by atoms with Gasteiger partial charge in [-0.05, 0) is 75.1 Å². The van der Waals surface area contributed by atoms with Gasteiger partial charge in [-0.1, -0.05) is 32.3 Å². The topological polar surface area (TPSA) is 104 Å². The van der Waals surface area contributed by atoms with Crippen molar-refractivity contribution in [3.8, 4) is 0 Å². The van der Waals surface area contributed by atoms with Crippen LogP contribution in [0, 0.1) is 12.8 Å². The number of carbonyl (C=O) groups is 4. The van der Waals surface area contributed by atoms with Crippen LogP contribution in [0.25, 0.3) is 10.8 Å². The van der Waals surface area contributed by atoms with Crippen LogP contribution in [-0.4, -0.2) is 47.2 Å². The number of amides is 2. The first kappa shape index (κ1) is 26.4. The lowest BCUT2D eigenvalue weighted by Crippen LogP contribution is -2.41. The number of anilines is 1. The highest BCUT2D eigenvalue weighted by atomic mass is 16.4. The van der Waals surface area contributed by atoms with Gasteiger partial charge in [-0.25, -0.2) is 4.79 Å². The van der Waals surface area contributed by atoms with E-state index < -0.39 is 5.97 Å². The predicted molar refractivity (Wildman–Crippen MR) is 137 cm³/mol.